The first-order valence-corrected chi connectivity index (χ1v) is 8.44. The normalized spacial score (nSPS) is 16.1. The molecular formula is C19H23N3O3. The first kappa shape index (κ1) is 18.5. The molecule has 25 heavy (non-hydrogen) atoms. The molecule has 0 heterocycles. The van der Waals surface area contributed by atoms with Gasteiger partial charge in [0.2, 0.25) is 0 Å². The van der Waals surface area contributed by atoms with E-state index in [4.69, 9.17) is 10.4 Å². The second kappa shape index (κ2) is 8.34. The Morgan fingerprint density at radius 1 is 1.24 bits per heavy atom. The quantitative estimate of drug-likeness (QED) is 0.544. The predicted molar refractivity (Wildman–Crippen MR) is 93.6 cm³/mol. The molecule has 2 rings (SSSR count). The van der Waals surface area contributed by atoms with E-state index in [0.29, 0.717) is 0 Å². The lowest BCUT2D eigenvalue weighted by Crippen LogP contribution is -2.39. The fraction of sp³-hybridized carbons (Fsp3) is 0.421. The van der Waals surface area contributed by atoms with Crippen LogP contribution < -0.4 is 10.6 Å². The van der Waals surface area contributed by atoms with Crippen molar-refractivity contribution < 1.29 is 14.7 Å². The third-order valence-corrected chi connectivity index (χ3v) is 4.43. The summed E-state index contributed by atoms with van der Waals surface area (Å²) in [5.41, 5.74) is 3.71. The molecule has 6 nitrogen and oxygen atoms in total. The molecule has 0 fully saturated rings. The molecule has 132 valence electrons. The Morgan fingerprint density at radius 2 is 1.92 bits per heavy atom. The van der Waals surface area contributed by atoms with Gasteiger partial charge in [0.1, 0.15) is 17.7 Å². The number of carbonyl (C=O) groups excluding carboxylic acids is 1. The standard InChI is InChI=1S/C19H23N3O3/c1-12(15-8-7-14-5-3-4-6-16(14)9-15)21-11-17(10-20)18(23)22-13(2)19(24)25/h7-9,11-13,21H,3-6H2,1-2H3,(H,22,23)(H,24,25)/b17-11-. The number of carboxylic acid groups (broad SMARTS) is 1. The van der Waals surface area contributed by atoms with Gasteiger partial charge in [-0.25, -0.2) is 0 Å². The lowest BCUT2D eigenvalue weighted by Gasteiger charge is -2.19. The second-order valence-electron chi connectivity index (χ2n) is 6.33. The van der Waals surface area contributed by atoms with E-state index in [1.165, 1.54) is 37.1 Å². The Bertz CT molecular complexity index is 734. The van der Waals surface area contributed by atoms with Crippen LogP contribution in [0.25, 0.3) is 0 Å². The monoisotopic (exact) mass is 341 g/mol. The number of aliphatic carboxylic acids is 1. The highest BCUT2D eigenvalue weighted by molar-refractivity contribution is 5.99. The van der Waals surface area contributed by atoms with Gasteiger partial charge in [-0.2, -0.15) is 5.26 Å². The minimum absolute atomic E-state index is 0.0692. The van der Waals surface area contributed by atoms with Crippen molar-refractivity contribution in [1.82, 2.24) is 10.6 Å². The van der Waals surface area contributed by atoms with Gasteiger partial charge in [-0.3, -0.25) is 9.59 Å². The minimum atomic E-state index is -1.15. The molecule has 0 aliphatic heterocycles. The summed E-state index contributed by atoms with van der Waals surface area (Å²) in [5, 5.41) is 23.3. The summed E-state index contributed by atoms with van der Waals surface area (Å²) in [5.74, 6) is -1.86. The maximum Gasteiger partial charge on any atom is 0.325 e. The molecule has 0 saturated heterocycles. The molecule has 2 unspecified atom stereocenters. The van der Waals surface area contributed by atoms with Crippen molar-refractivity contribution in [2.24, 2.45) is 0 Å². The molecule has 3 N–H and O–H groups in total. The van der Waals surface area contributed by atoms with E-state index < -0.39 is 17.9 Å². The van der Waals surface area contributed by atoms with Crippen LogP contribution in [0.3, 0.4) is 0 Å². The molecule has 0 radical (unpaired) electrons. The van der Waals surface area contributed by atoms with Crippen molar-refractivity contribution in [3.05, 3.63) is 46.7 Å². The van der Waals surface area contributed by atoms with Gasteiger partial charge in [0.05, 0.1) is 0 Å². The number of aryl methyl sites for hydroxylation is 2. The van der Waals surface area contributed by atoms with Crippen LogP contribution in [-0.2, 0) is 22.4 Å². The van der Waals surface area contributed by atoms with E-state index in [1.54, 1.807) is 6.07 Å². The van der Waals surface area contributed by atoms with Gasteiger partial charge in [-0.15, -0.1) is 0 Å². The number of nitrogens with zero attached hydrogens (tertiary/aromatic N) is 1. The Kier molecular flexibility index (Phi) is 6.18. The number of hydrogen-bond donors (Lipinski definition) is 3. The number of nitrogens with one attached hydrogen (secondary N) is 2. The topological polar surface area (TPSA) is 102 Å². The summed E-state index contributed by atoms with van der Waals surface area (Å²) >= 11 is 0. The molecule has 1 aliphatic carbocycles. The summed E-state index contributed by atoms with van der Waals surface area (Å²) in [4.78, 5) is 22.7. The Labute approximate surface area is 147 Å². The van der Waals surface area contributed by atoms with E-state index in [1.807, 2.05) is 6.92 Å². The maximum absolute atomic E-state index is 11.9. The summed E-state index contributed by atoms with van der Waals surface area (Å²) < 4.78 is 0. The molecule has 1 aromatic rings. The Morgan fingerprint density at radius 3 is 2.56 bits per heavy atom. The van der Waals surface area contributed by atoms with Crippen LogP contribution in [0.4, 0.5) is 0 Å². The average Bonchev–Trinajstić information content (AvgIpc) is 2.61. The Hall–Kier alpha value is -2.81. The molecule has 2 atom stereocenters. The first-order valence-electron chi connectivity index (χ1n) is 8.44. The van der Waals surface area contributed by atoms with E-state index in [0.717, 1.165) is 18.4 Å². The van der Waals surface area contributed by atoms with Gasteiger partial charge in [-0.05, 0) is 56.2 Å². The number of nitriles is 1. The van der Waals surface area contributed by atoms with Crippen LogP contribution in [0.1, 0.15) is 49.4 Å². The zero-order chi connectivity index (χ0) is 18.4. The molecule has 6 heteroatoms. The highest BCUT2D eigenvalue weighted by Gasteiger charge is 2.17. The third-order valence-electron chi connectivity index (χ3n) is 4.43. The summed E-state index contributed by atoms with van der Waals surface area (Å²) in [7, 11) is 0. The number of fused-ring (bicyclic) bond motifs is 1. The molecule has 1 aliphatic rings. The molecule has 1 aromatic carbocycles. The van der Waals surface area contributed by atoms with Crippen LogP contribution in [0.5, 0.6) is 0 Å². The number of hydrogen-bond acceptors (Lipinski definition) is 4. The zero-order valence-corrected chi connectivity index (χ0v) is 14.5. The van der Waals surface area contributed by atoms with E-state index in [2.05, 4.69) is 28.8 Å². The molecule has 0 bridgehead atoms. The number of carbonyl (C=O) groups is 2. The van der Waals surface area contributed by atoms with Gasteiger partial charge in [0, 0.05) is 12.2 Å². The highest BCUT2D eigenvalue weighted by atomic mass is 16.4. The van der Waals surface area contributed by atoms with Crippen molar-refractivity contribution >= 4 is 11.9 Å². The van der Waals surface area contributed by atoms with Crippen molar-refractivity contribution in [3.8, 4) is 6.07 Å². The van der Waals surface area contributed by atoms with Crippen molar-refractivity contribution in [2.45, 2.75) is 51.6 Å². The lowest BCUT2D eigenvalue weighted by atomic mass is 9.89. The smallest absolute Gasteiger partial charge is 0.325 e. The summed E-state index contributed by atoms with van der Waals surface area (Å²) in [6, 6.07) is 7.07. The van der Waals surface area contributed by atoms with Crippen LogP contribution >= 0.6 is 0 Å². The van der Waals surface area contributed by atoms with Crippen LogP contribution in [-0.4, -0.2) is 23.0 Å². The van der Waals surface area contributed by atoms with Crippen LogP contribution in [0.15, 0.2) is 30.0 Å². The first-order chi connectivity index (χ1) is 11.9. The zero-order valence-electron chi connectivity index (χ0n) is 14.5. The van der Waals surface area contributed by atoms with Gasteiger partial charge in [-0.1, -0.05) is 18.2 Å². The van der Waals surface area contributed by atoms with Crippen molar-refractivity contribution in [3.63, 3.8) is 0 Å². The van der Waals surface area contributed by atoms with Crippen molar-refractivity contribution in [2.75, 3.05) is 0 Å². The van der Waals surface area contributed by atoms with Gasteiger partial charge >= 0.3 is 5.97 Å². The largest absolute Gasteiger partial charge is 0.480 e. The number of benzene rings is 1. The van der Waals surface area contributed by atoms with Gasteiger partial charge in [0.15, 0.2) is 0 Å². The van der Waals surface area contributed by atoms with E-state index >= 15 is 0 Å². The summed E-state index contributed by atoms with van der Waals surface area (Å²) in [6.07, 6.45) is 5.99. The molecule has 0 saturated carbocycles. The summed E-state index contributed by atoms with van der Waals surface area (Å²) in [6.45, 7) is 3.30. The second-order valence-corrected chi connectivity index (χ2v) is 6.33. The molecule has 0 spiro atoms. The average molecular weight is 341 g/mol. The van der Waals surface area contributed by atoms with Crippen molar-refractivity contribution in [1.29, 1.82) is 5.26 Å². The number of rotatable bonds is 6. The van der Waals surface area contributed by atoms with Crippen LogP contribution in [0.2, 0.25) is 0 Å². The number of carboxylic acids is 1. The van der Waals surface area contributed by atoms with E-state index in [-0.39, 0.29) is 11.6 Å². The SMILES string of the molecule is CC(NC(=O)/C(C#N)=C\NC(C)c1ccc2c(c1)CCCC2)C(=O)O. The molecule has 1 amide bonds. The van der Waals surface area contributed by atoms with Gasteiger partial charge in [0.25, 0.3) is 5.91 Å². The Balaban J connectivity index is 2.04. The fourth-order valence-corrected chi connectivity index (χ4v) is 2.81. The maximum atomic E-state index is 11.9. The molecular weight excluding hydrogens is 318 g/mol. The third kappa shape index (κ3) is 4.83. The van der Waals surface area contributed by atoms with Gasteiger partial charge < -0.3 is 15.7 Å². The molecule has 0 aromatic heterocycles. The highest BCUT2D eigenvalue weighted by Crippen LogP contribution is 2.24. The number of amides is 1. The predicted octanol–water partition coefficient (Wildman–Crippen LogP) is 2.21. The fourth-order valence-electron chi connectivity index (χ4n) is 2.81. The minimum Gasteiger partial charge on any atom is -0.480 e. The lowest BCUT2D eigenvalue weighted by molar-refractivity contribution is -0.140. The van der Waals surface area contributed by atoms with E-state index in [9.17, 15) is 9.59 Å². The van der Waals surface area contributed by atoms with Crippen LogP contribution in [0, 0.1) is 11.3 Å².